The van der Waals surface area contributed by atoms with Crippen LogP contribution in [0.25, 0.3) is 0 Å². The summed E-state index contributed by atoms with van der Waals surface area (Å²) in [5.41, 5.74) is 0. The van der Waals surface area contributed by atoms with Crippen molar-refractivity contribution in [3.05, 3.63) is 91.0 Å². The van der Waals surface area contributed by atoms with Crippen molar-refractivity contribution in [3.63, 3.8) is 0 Å². The minimum absolute atomic E-state index is 1.27. The highest BCUT2D eigenvalue weighted by Crippen LogP contribution is 2.08. The van der Waals surface area contributed by atoms with E-state index in [0.717, 1.165) is 0 Å². The fourth-order valence-corrected chi connectivity index (χ4v) is 6.56. The molecule has 0 spiro atoms. The van der Waals surface area contributed by atoms with E-state index in [9.17, 15) is 0 Å². The number of rotatable bonds is 4. The first-order valence-corrected chi connectivity index (χ1v) is 9.00. The van der Waals surface area contributed by atoms with Crippen LogP contribution in [0.2, 0.25) is 0 Å². The normalized spacial score (nSPS) is 11.3. The minimum Gasteiger partial charge on any atom is -0.408 e. The van der Waals surface area contributed by atoms with Crippen LogP contribution in [0, 0.1) is 0 Å². The van der Waals surface area contributed by atoms with E-state index in [1.807, 2.05) is 25.3 Å². The van der Waals surface area contributed by atoms with Crippen molar-refractivity contribution < 1.29 is 4.43 Å². The van der Waals surface area contributed by atoms with Gasteiger partial charge in [-0.1, -0.05) is 91.0 Å². The quantitative estimate of drug-likeness (QED) is 0.529. The molecule has 0 saturated carbocycles. The first-order chi connectivity index (χ1) is 10.4. The SMILES string of the molecule is CO[Si](c1ccccc1)(c1ccccc1)c1ccccc1. The Morgan fingerprint density at radius 1 is 0.524 bits per heavy atom. The summed E-state index contributed by atoms with van der Waals surface area (Å²) in [6.45, 7) is 0. The largest absolute Gasteiger partial charge is 0.408 e. The van der Waals surface area contributed by atoms with Gasteiger partial charge in [-0.05, 0) is 15.6 Å². The molecular formula is C19H18OSi. The van der Waals surface area contributed by atoms with Crippen LogP contribution in [0.4, 0.5) is 0 Å². The van der Waals surface area contributed by atoms with Gasteiger partial charge < -0.3 is 4.43 Å². The topological polar surface area (TPSA) is 9.23 Å². The van der Waals surface area contributed by atoms with Crippen molar-refractivity contribution in [3.8, 4) is 0 Å². The molecule has 0 saturated heterocycles. The molecule has 21 heavy (non-hydrogen) atoms. The molecule has 0 aliphatic rings. The molecule has 0 heterocycles. The molecule has 3 aromatic rings. The standard InChI is InChI=1S/C19H18OSi/c1-20-21(17-11-5-2-6-12-17,18-13-7-3-8-14-18)19-15-9-4-10-16-19/h2-16H,1H3. The van der Waals surface area contributed by atoms with Gasteiger partial charge in [-0.3, -0.25) is 0 Å². The van der Waals surface area contributed by atoms with Gasteiger partial charge in [-0.15, -0.1) is 0 Å². The molecule has 0 aromatic heterocycles. The molecule has 0 bridgehead atoms. The Hall–Kier alpha value is -2.16. The molecule has 3 rings (SSSR count). The third-order valence-corrected chi connectivity index (χ3v) is 7.90. The maximum Gasteiger partial charge on any atom is 0.287 e. The molecule has 0 atom stereocenters. The van der Waals surface area contributed by atoms with Crippen LogP contribution in [-0.4, -0.2) is 15.4 Å². The molecule has 0 unspecified atom stereocenters. The molecule has 0 radical (unpaired) electrons. The van der Waals surface area contributed by atoms with Crippen molar-refractivity contribution >= 4 is 23.9 Å². The Balaban J connectivity index is 2.29. The van der Waals surface area contributed by atoms with E-state index in [1.54, 1.807) is 0 Å². The van der Waals surface area contributed by atoms with E-state index >= 15 is 0 Å². The first kappa shape index (κ1) is 13.8. The molecule has 1 nitrogen and oxygen atoms in total. The fraction of sp³-hybridized carbons (Fsp3) is 0.0526. The number of benzene rings is 3. The summed E-state index contributed by atoms with van der Waals surface area (Å²) >= 11 is 0. The third kappa shape index (κ3) is 2.44. The Morgan fingerprint density at radius 3 is 1.05 bits per heavy atom. The zero-order chi connectivity index (χ0) is 14.5. The molecule has 3 aromatic carbocycles. The third-order valence-electron chi connectivity index (χ3n) is 3.85. The van der Waals surface area contributed by atoms with Crippen LogP contribution < -0.4 is 15.6 Å². The van der Waals surface area contributed by atoms with E-state index in [4.69, 9.17) is 4.43 Å². The van der Waals surface area contributed by atoms with Crippen molar-refractivity contribution in [2.75, 3.05) is 7.11 Å². The summed E-state index contributed by atoms with van der Waals surface area (Å²) in [6, 6.07) is 31.7. The number of hydrogen-bond acceptors (Lipinski definition) is 1. The van der Waals surface area contributed by atoms with Gasteiger partial charge in [0, 0.05) is 7.11 Å². The second-order valence-corrected chi connectivity index (χ2v) is 8.49. The van der Waals surface area contributed by atoms with Crippen LogP contribution in [0.5, 0.6) is 0 Å². The Kier molecular flexibility index (Phi) is 4.00. The van der Waals surface area contributed by atoms with E-state index in [0.29, 0.717) is 0 Å². The molecule has 0 aliphatic carbocycles. The Morgan fingerprint density at radius 2 is 0.810 bits per heavy atom. The second kappa shape index (κ2) is 6.08. The molecular weight excluding hydrogens is 272 g/mol. The van der Waals surface area contributed by atoms with Gasteiger partial charge in [0.15, 0.2) is 0 Å². The summed E-state index contributed by atoms with van der Waals surface area (Å²) in [5, 5.41) is 3.81. The van der Waals surface area contributed by atoms with Crippen LogP contribution in [0.3, 0.4) is 0 Å². The smallest absolute Gasteiger partial charge is 0.287 e. The summed E-state index contributed by atoms with van der Waals surface area (Å²) in [5.74, 6) is 0. The average molecular weight is 290 g/mol. The fourth-order valence-electron chi connectivity index (χ4n) is 2.87. The second-order valence-electron chi connectivity index (χ2n) is 4.98. The first-order valence-electron chi connectivity index (χ1n) is 7.09. The van der Waals surface area contributed by atoms with Gasteiger partial charge in [-0.25, -0.2) is 0 Å². The highest BCUT2D eigenvalue weighted by Gasteiger charge is 2.40. The lowest BCUT2D eigenvalue weighted by Gasteiger charge is -2.31. The zero-order valence-corrected chi connectivity index (χ0v) is 13.1. The Labute approximate surface area is 127 Å². The maximum absolute atomic E-state index is 6.24. The van der Waals surface area contributed by atoms with E-state index in [2.05, 4.69) is 72.8 Å². The van der Waals surface area contributed by atoms with Gasteiger partial charge in [0.05, 0.1) is 0 Å². The van der Waals surface area contributed by atoms with Crippen molar-refractivity contribution in [2.45, 2.75) is 0 Å². The Bertz CT molecular complexity index is 584. The summed E-state index contributed by atoms with van der Waals surface area (Å²) in [4.78, 5) is 0. The molecule has 0 fully saturated rings. The molecule has 0 N–H and O–H groups in total. The zero-order valence-electron chi connectivity index (χ0n) is 12.1. The molecule has 0 amide bonds. The lowest BCUT2D eigenvalue weighted by molar-refractivity contribution is 0.426. The predicted octanol–water partition coefficient (Wildman–Crippen LogP) is 2.30. The average Bonchev–Trinajstić information content (AvgIpc) is 2.59. The van der Waals surface area contributed by atoms with Gasteiger partial charge >= 0.3 is 0 Å². The van der Waals surface area contributed by atoms with E-state index in [-0.39, 0.29) is 0 Å². The van der Waals surface area contributed by atoms with Gasteiger partial charge in [-0.2, -0.15) is 0 Å². The predicted molar refractivity (Wildman–Crippen MR) is 91.0 cm³/mol. The molecule has 2 heteroatoms. The van der Waals surface area contributed by atoms with Crippen molar-refractivity contribution in [2.24, 2.45) is 0 Å². The monoisotopic (exact) mass is 290 g/mol. The molecule has 104 valence electrons. The van der Waals surface area contributed by atoms with Crippen LogP contribution >= 0.6 is 0 Å². The van der Waals surface area contributed by atoms with Gasteiger partial charge in [0.1, 0.15) is 0 Å². The highest BCUT2D eigenvalue weighted by molar-refractivity contribution is 7.07. The van der Waals surface area contributed by atoms with E-state index in [1.165, 1.54) is 15.6 Å². The molecule has 0 aliphatic heterocycles. The van der Waals surface area contributed by atoms with Crippen molar-refractivity contribution in [1.29, 1.82) is 0 Å². The summed E-state index contributed by atoms with van der Waals surface area (Å²) in [6.07, 6.45) is 0. The minimum atomic E-state index is -2.40. The van der Waals surface area contributed by atoms with Gasteiger partial charge in [0.25, 0.3) is 8.32 Å². The maximum atomic E-state index is 6.24. The van der Waals surface area contributed by atoms with E-state index < -0.39 is 8.32 Å². The van der Waals surface area contributed by atoms with Crippen LogP contribution in [0.1, 0.15) is 0 Å². The number of hydrogen-bond donors (Lipinski definition) is 0. The summed E-state index contributed by atoms with van der Waals surface area (Å²) < 4.78 is 6.24. The van der Waals surface area contributed by atoms with Crippen molar-refractivity contribution in [1.82, 2.24) is 0 Å². The van der Waals surface area contributed by atoms with Crippen LogP contribution in [0.15, 0.2) is 91.0 Å². The lowest BCUT2D eigenvalue weighted by atomic mass is 10.3. The summed E-state index contributed by atoms with van der Waals surface area (Å²) in [7, 11) is -0.565. The van der Waals surface area contributed by atoms with Gasteiger partial charge in [0.2, 0.25) is 0 Å². The lowest BCUT2D eigenvalue weighted by Crippen LogP contribution is -2.68. The highest BCUT2D eigenvalue weighted by atomic mass is 28.4. The van der Waals surface area contributed by atoms with Crippen LogP contribution in [-0.2, 0) is 4.43 Å².